The predicted octanol–water partition coefficient (Wildman–Crippen LogP) is -0.0339. The molecule has 0 amide bonds. The summed E-state index contributed by atoms with van der Waals surface area (Å²) in [7, 11) is 1.49. The number of hydrogen-bond acceptors (Lipinski definition) is 16. The van der Waals surface area contributed by atoms with Crippen molar-refractivity contribution in [3.8, 4) is 11.4 Å². The van der Waals surface area contributed by atoms with Crippen LogP contribution in [0.4, 0.5) is 5.88 Å². The molecule has 5 atom stereocenters. The number of benzene rings is 1. The van der Waals surface area contributed by atoms with Crippen LogP contribution in [0.1, 0.15) is 38.2 Å². The number of aldehydes is 1. The monoisotopic (exact) mass is 623 g/mol. The van der Waals surface area contributed by atoms with E-state index in [0.29, 0.717) is 17.7 Å². The Morgan fingerprint density at radius 3 is 2.09 bits per heavy atom. The van der Waals surface area contributed by atoms with E-state index in [1.807, 2.05) is 0 Å². The summed E-state index contributed by atoms with van der Waals surface area (Å²) in [6.07, 6.45) is -7.07. The van der Waals surface area contributed by atoms with Crippen molar-refractivity contribution >= 4 is 53.8 Å². The topological polar surface area (TPSA) is 210 Å². The first-order valence-corrected chi connectivity index (χ1v) is 12.9. The lowest BCUT2D eigenvalue weighted by Gasteiger charge is -2.48. The summed E-state index contributed by atoms with van der Waals surface area (Å²) >= 11 is 5.10. The zero-order valence-electron chi connectivity index (χ0n) is 23.6. The number of hydrazine groups is 1. The Morgan fingerprint density at radius 1 is 1.00 bits per heavy atom. The highest BCUT2D eigenvalue weighted by Crippen LogP contribution is 2.31. The van der Waals surface area contributed by atoms with Crippen molar-refractivity contribution < 1.29 is 61.6 Å². The molecule has 2 N–H and O–H groups in total. The lowest BCUT2D eigenvalue weighted by Crippen LogP contribution is -2.67. The molecule has 17 nitrogen and oxygen atoms in total. The van der Waals surface area contributed by atoms with Gasteiger partial charge < -0.3 is 46.5 Å². The van der Waals surface area contributed by atoms with Crippen LogP contribution in [0.25, 0.3) is 5.69 Å². The van der Waals surface area contributed by atoms with Crippen LogP contribution in [0.3, 0.4) is 0 Å². The first-order chi connectivity index (χ1) is 20.4. The largest absolute Gasteiger partial charge is 0.741 e. The van der Waals surface area contributed by atoms with Crippen molar-refractivity contribution in [1.82, 2.24) is 10.3 Å². The minimum Gasteiger partial charge on any atom is -0.741 e. The number of aromatic nitrogens is 2. The third-order valence-corrected chi connectivity index (χ3v) is 5.96. The van der Waals surface area contributed by atoms with Gasteiger partial charge in [-0.15, -0.1) is 0 Å². The molecule has 232 valence electrons. The number of hydrogen-bond donors (Lipinski definition) is 2. The van der Waals surface area contributed by atoms with E-state index in [2.05, 4.69) is 10.7 Å². The van der Waals surface area contributed by atoms with E-state index in [1.165, 1.54) is 7.11 Å². The highest BCUT2D eigenvalue weighted by molar-refractivity contribution is 7.77. The second-order valence-electron chi connectivity index (χ2n) is 8.89. The fraction of sp³-hybridized carbons (Fsp3) is 0.440. The molecule has 0 spiro atoms. The number of methoxy groups -OCH3 is 1. The Hall–Kier alpha value is -4.84. The second-order valence-corrected chi connectivity index (χ2v) is 9.28. The van der Waals surface area contributed by atoms with Gasteiger partial charge in [0.1, 0.15) is 18.5 Å². The van der Waals surface area contributed by atoms with Crippen molar-refractivity contribution in [1.29, 1.82) is 5.41 Å². The maximum Gasteiger partial charge on any atom is 0.345 e. The summed E-state index contributed by atoms with van der Waals surface area (Å²) in [5.41, 5.74) is 2.88. The number of esters is 4. The zero-order chi connectivity index (χ0) is 31.8. The molecule has 0 aliphatic carbocycles. The molecule has 0 unspecified atom stereocenters. The van der Waals surface area contributed by atoms with Crippen LogP contribution in [0.15, 0.2) is 28.8 Å². The molecule has 1 saturated heterocycles. The van der Waals surface area contributed by atoms with Crippen LogP contribution in [-0.4, -0.2) is 90.0 Å². The van der Waals surface area contributed by atoms with Gasteiger partial charge in [-0.2, -0.15) is 0 Å². The van der Waals surface area contributed by atoms with Crippen molar-refractivity contribution in [3.05, 3.63) is 30.0 Å². The highest BCUT2D eigenvalue weighted by Gasteiger charge is 2.54. The van der Waals surface area contributed by atoms with Gasteiger partial charge in [-0.25, -0.2) is 0 Å². The molecule has 0 bridgehead atoms. The first-order valence-electron chi connectivity index (χ1n) is 12.5. The van der Waals surface area contributed by atoms with Crippen molar-refractivity contribution in [2.75, 3.05) is 19.1 Å². The van der Waals surface area contributed by atoms with Crippen LogP contribution < -0.4 is 14.8 Å². The molecule has 1 fully saturated rings. The molecule has 0 radical (unpaired) electrons. The second kappa shape index (κ2) is 14.4. The number of carbonyl (C=O) groups is 5. The minimum atomic E-state index is -1.61. The molecule has 43 heavy (non-hydrogen) atoms. The van der Waals surface area contributed by atoms with Gasteiger partial charge in [-0.1, -0.05) is 0 Å². The van der Waals surface area contributed by atoms with Crippen LogP contribution in [0.2, 0.25) is 0 Å². The summed E-state index contributed by atoms with van der Waals surface area (Å²) in [5, 5.41) is 12.3. The Labute approximate surface area is 250 Å². The number of rotatable bonds is 11. The normalized spacial score (nSPS) is 21.1. The molecular weight excluding hydrogens is 594 g/mol. The molecule has 3 rings (SSSR count). The number of nitrogens with one attached hydrogen (secondary N) is 2. The van der Waals surface area contributed by atoms with Crippen molar-refractivity contribution in [2.24, 2.45) is 0 Å². The van der Waals surface area contributed by atoms with Crippen LogP contribution in [-0.2, 0) is 55.5 Å². The quantitative estimate of drug-likeness (QED) is 0.0492. The first kappa shape index (κ1) is 32.7. The van der Waals surface area contributed by atoms with Crippen molar-refractivity contribution in [2.45, 2.75) is 58.3 Å². The lowest BCUT2D eigenvalue weighted by molar-refractivity contribution is -0.671. The molecule has 2 aromatic rings. The Kier molecular flexibility index (Phi) is 10.9. The van der Waals surface area contributed by atoms with E-state index in [-0.39, 0.29) is 11.6 Å². The molecular formula is C25H29N5O12S. The van der Waals surface area contributed by atoms with E-state index in [0.717, 1.165) is 37.4 Å². The summed E-state index contributed by atoms with van der Waals surface area (Å²) in [4.78, 5) is 60.0. The third-order valence-electron chi connectivity index (χ3n) is 5.76. The Bertz CT molecular complexity index is 1370. The van der Waals surface area contributed by atoms with E-state index in [1.54, 1.807) is 24.3 Å². The molecule has 1 aromatic carbocycles. The maximum absolute atomic E-state index is 12.2. The van der Waals surface area contributed by atoms with Gasteiger partial charge in [-0.3, -0.25) is 38.9 Å². The van der Waals surface area contributed by atoms with Gasteiger partial charge in [0.15, 0.2) is 24.5 Å². The summed E-state index contributed by atoms with van der Waals surface area (Å²) in [6.45, 7) is 3.82. The fourth-order valence-electron chi connectivity index (χ4n) is 4.11. The summed E-state index contributed by atoms with van der Waals surface area (Å²) < 4.78 is 38.9. The lowest BCUT2D eigenvalue weighted by atomic mass is 9.97. The Morgan fingerprint density at radius 2 is 1.58 bits per heavy atom. The molecule has 1 aliphatic rings. The molecule has 2 heterocycles. The Balaban J connectivity index is 2.08. The number of anilines is 1. The van der Waals surface area contributed by atoms with E-state index in [4.69, 9.17) is 51.0 Å². The SMILES string of the molecule is COc1ccc(-[n+]2noc(NN(C(=N)[S-])[C@@H]3O[C@H](COC(C)=O)[C@H](OC(C)=O)[C@H](OC(C)=O)[C@H]3OC(C)=O)c2C=O)cc1. The van der Waals surface area contributed by atoms with Gasteiger partial charge >= 0.3 is 35.5 Å². The number of amidine groups is 1. The highest BCUT2D eigenvalue weighted by atomic mass is 32.1. The van der Waals surface area contributed by atoms with Crippen LogP contribution in [0, 0.1) is 5.41 Å². The zero-order valence-corrected chi connectivity index (χ0v) is 24.4. The minimum absolute atomic E-state index is 0.156. The van der Waals surface area contributed by atoms with Gasteiger partial charge in [0, 0.05) is 39.8 Å². The summed E-state index contributed by atoms with van der Waals surface area (Å²) in [5.74, 6) is -3.00. The van der Waals surface area contributed by atoms with Gasteiger partial charge in [0.25, 0.3) is 0 Å². The van der Waals surface area contributed by atoms with E-state index < -0.39 is 66.3 Å². The fourth-order valence-corrected chi connectivity index (χ4v) is 4.26. The molecule has 0 saturated carbocycles. The molecule has 18 heteroatoms. The standard InChI is InChI=1S/C25H29N5O12S/c1-12(32)37-11-19-20(38-13(2)33)21(39-14(3)34)22(40-15(4)35)24(41-19)30(25(26)43)27-23-18(10-31)29(28-42-23)16-6-8-17(36-5)9-7-16/h6-10,19-22,24H,11H2,1-5H3,(H2-,26,27,28,31,43)/t19-,20+,21+,22-,24-/m1/s1. The average molecular weight is 624 g/mol. The predicted molar refractivity (Wildman–Crippen MR) is 142 cm³/mol. The number of nitrogens with zero attached hydrogens (tertiary/aromatic N) is 3. The van der Waals surface area contributed by atoms with Gasteiger partial charge in [0.2, 0.25) is 17.2 Å². The third kappa shape index (κ3) is 8.13. The van der Waals surface area contributed by atoms with Crippen molar-refractivity contribution in [3.63, 3.8) is 0 Å². The summed E-state index contributed by atoms with van der Waals surface area (Å²) in [6, 6.07) is 6.46. The number of ether oxygens (including phenoxy) is 6. The van der Waals surface area contributed by atoms with E-state index in [9.17, 15) is 24.0 Å². The van der Waals surface area contributed by atoms with Crippen LogP contribution in [0.5, 0.6) is 5.75 Å². The average Bonchev–Trinajstić information content (AvgIpc) is 3.34. The maximum atomic E-state index is 12.2. The number of carbonyl (C=O) groups excluding carboxylic acids is 5. The smallest absolute Gasteiger partial charge is 0.345 e. The van der Waals surface area contributed by atoms with Crippen LogP contribution >= 0.6 is 0 Å². The van der Waals surface area contributed by atoms with E-state index >= 15 is 0 Å². The van der Waals surface area contributed by atoms with Gasteiger partial charge in [-0.05, 0) is 22.0 Å². The van der Waals surface area contributed by atoms with Gasteiger partial charge in [0.05, 0.1) is 7.11 Å². The molecule has 1 aliphatic heterocycles. The molecule has 1 aromatic heterocycles.